The predicted octanol–water partition coefficient (Wildman–Crippen LogP) is 1.28. The molecule has 0 aliphatic carbocycles. The van der Waals surface area contributed by atoms with Gasteiger partial charge in [-0.25, -0.2) is 0 Å². The number of nitrogens with zero attached hydrogens (tertiary/aromatic N) is 1. The molecule has 0 spiro atoms. The Bertz CT molecular complexity index is 354. The SMILES string of the molecule is COc1cccc(N2CCOCC2CCO)c1. The summed E-state index contributed by atoms with van der Waals surface area (Å²) in [6.07, 6.45) is 0.733. The summed E-state index contributed by atoms with van der Waals surface area (Å²) in [5.74, 6) is 0.858. The van der Waals surface area contributed by atoms with E-state index in [1.807, 2.05) is 18.2 Å². The lowest BCUT2D eigenvalue weighted by Crippen LogP contribution is -2.46. The second kappa shape index (κ2) is 5.89. The zero-order chi connectivity index (χ0) is 12.1. The van der Waals surface area contributed by atoms with Crippen LogP contribution in [0.5, 0.6) is 5.75 Å². The Hall–Kier alpha value is -1.26. The van der Waals surface area contributed by atoms with Crippen LogP contribution in [0.4, 0.5) is 5.69 Å². The van der Waals surface area contributed by atoms with Gasteiger partial charge < -0.3 is 19.5 Å². The third-order valence-electron chi connectivity index (χ3n) is 3.07. The van der Waals surface area contributed by atoms with Crippen LogP contribution in [-0.2, 0) is 4.74 Å². The van der Waals surface area contributed by atoms with E-state index < -0.39 is 0 Å². The zero-order valence-electron chi connectivity index (χ0n) is 10.1. The van der Waals surface area contributed by atoms with Gasteiger partial charge in [-0.2, -0.15) is 0 Å². The quantitative estimate of drug-likeness (QED) is 0.856. The molecule has 0 aromatic heterocycles. The van der Waals surface area contributed by atoms with Crippen LogP contribution in [0.15, 0.2) is 24.3 Å². The normalized spacial score (nSPS) is 20.4. The number of anilines is 1. The minimum Gasteiger partial charge on any atom is -0.497 e. The van der Waals surface area contributed by atoms with Crippen LogP contribution in [0.25, 0.3) is 0 Å². The van der Waals surface area contributed by atoms with Crippen LogP contribution < -0.4 is 9.64 Å². The lowest BCUT2D eigenvalue weighted by atomic mass is 10.1. The van der Waals surface area contributed by atoms with Gasteiger partial charge >= 0.3 is 0 Å². The van der Waals surface area contributed by atoms with E-state index in [1.165, 1.54) is 0 Å². The fourth-order valence-corrected chi connectivity index (χ4v) is 2.17. The summed E-state index contributed by atoms with van der Waals surface area (Å²) in [4.78, 5) is 2.28. The molecular weight excluding hydrogens is 218 g/mol. The third-order valence-corrected chi connectivity index (χ3v) is 3.07. The molecule has 4 nitrogen and oxygen atoms in total. The van der Waals surface area contributed by atoms with Crippen molar-refractivity contribution < 1.29 is 14.6 Å². The Morgan fingerprint density at radius 1 is 1.53 bits per heavy atom. The van der Waals surface area contributed by atoms with Crippen molar-refractivity contribution in [3.63, 3.8) is 0 Å². The molecule has 1 aliphatic rings. The summed E-state index contributed by atoms with van der Waals surface area (Å²) in [6.45, 7) is 2.46. The Labute approximate surface area is 102 Å². The maximum Gasteiger partial charge on any atom is 0.120 e. The minimum atomic E-state index is 0.189. The largest absolute Gasteiger partial charge is 0.497 e. The number of rotatable bonds is 4. The number of benzene rings is 1. The van der Waals surface area contributed by atoms with E-state index in [1.54, 1.807) is 7.11 Å². The van der Waals surface area contributed by atoms with Crippen LogP contribution in [0.1, 0.15) is 6.42 Å². The molecule has 94 valence electrons. The van der Waals surface area contributed by atoms with E-state index >= 15 is 0 Å². The first kappa shape index (κ1) is 12.2. The van der Waals surface area contributed by atoms with Gasteiger partial charge in [0.05, 0.1) is 26.4 Å². The average molecular weight is 237 g/mol. The van der Waals surface area contributed by atoms with Gasteiger partial charge in [-0.05, 0) is 18.6 Å². The number of methoxy groups -OCH3 is 1. The van der Waals surface area contributed by atoms with E-state index in [-0.39, 0.29) is 12.6 Å². The number of hydrogen-bond donors (Lipinski definition) is 1. The molecule has 1 aromatic carbocycles. The van der Waals surface area contributed by atoms with Gasteiger partial charge in [0.1, 0.15) is 5.75 Å². The summed E-state index contributed by atoms with van der Waals surface area (Å²) >= 11 is 0. The van der Waals surface area contributed by atoms with Crippen LogP contribution >= 0.6 is 0 Å². The predicted molar refractivity (Wildman–Crippen MR) is 66.6 cm³/mol. The van der Waals surface area contributed by atoms with Crippen molar-refractivity contribution in [2.75, 3.05) is 38.4 Å². The minimum absolute atomic E-state index is 0.189. The second-order valence-electron chi connectivity index (χ2n) is 4.14. The highest BCUT2D eigenvalue weighted by Crippen LogP contribution is 2.25. The summed E-state index contributed by atoms with van der Waals surface area (Å²) in [7, 11) is 1.67. The van der Waals surface area contributed by atoms with E-state index in [2.05, 4.69) is 11.0 Å². The number of morpholine rings is 1. The van der Waals surface area contributed by atoms with Crippen LogP contribution in [0.2, 0.25) is 0 Å². The van der Waals surface area contributed by atoms with Crippen molar-refractivity contribution in [1.29, 1.82) is 0 Å². The van der Waals surface area contributed by atoms with Crippen molar-refractivity contribution in [1.82, 2.24) is 0 Å². The number of aliphatic hydroxyl groups excluding tert-OH is 1. The van der Waals surface area contributed by atoms with Gasteiger partial charge in [-0.15, -0.1) is 0 Å². The zero-order valence-corrected chi connectivity index (χ0v) is 10.1. The maximum absolute atomic E-state index is 9.08. The van der Waals surface area contributed by atoms with Crippen molar-refractivity contribution in [2.24, 2.45) is 0 Å². The number of ether oxygens (including phenoxy) is 2. The monoisotopic (exact) mass is 237 g/mol. The Morgan fingerprint density at radius 2 is 2.41 bits per heavy atom. The van der Waals surface area contributed by atoms with Crippen LogP contribution in [0, 0.1) is 0 Å². The van der Waals surface area contributed by atoms with Crippen molar-refractivity contribution >= 4 is 5.69 Å². The van der Waals surface area contributed by atoms with Crippen LogP contribution in [-0.4, -0.2) is 44.6 Å². The van der Waals surface area contributed by atoms with Gasteiger partial charge in [0.2, 0.25) is 0 Å². The molecule has 1 aromatic rings. The van der Waals surface area contributed by atoms with Gasteiger partial charge in [0.25, 0.3) is 0 Å². The van der Waals surface area contributed by atoms with Gasteiger partial charge in [-0.3, -0.25) is 0 Å². The fourth-order valence-electron chi connectivity index (χ4n) is 2.17. The van der Waals surface area contributed by atoms with Crippen molar-refractivity contribution in [3.8, 4) is 5.75 Å². The van der Waals surface area contributed by atoms with Gasteiger partial charge in [0.15, 0.2) is 0 Å². The number of aliphatic hydroxyl groups is 1. The average Bonchev–Trinajstić information content (AvgIpc) is 2.40. The Morgan fingerprint density at radius 3 is 3.18 bits per heavy atom. The molecule has 0 saturated carbocycles. The fraction of sp³-hybridized carbons (Fsp3) is 0.538. The molecule has 1 unspecified atom stereocenters. The molecule has 1 N–H and O–H groups in total. The Balaban J connectivity index is 2.16. The molecule has 0 amide bonds. The standard InChI is InChI=1S/C13H19NO3/c1-16-13-4-2-3-11(9-13)14-6-8-17-10-12(14)5-7-15/h2-4,9,12,15H,5-8,10H2,1H3. The van der Waals surface area contributed by atoms with E-state index in [4.69, 9.17) is 14.6 Å². The summed E-state index contributed by atoms with van der Waals surface area (Å²) in [5.41, 5.74) is 1.13. The number of hydrogen-bond acceptors (Lipinski definition) is 4. The van der Waals surface area contributed by atoms with E-state index in [0.717, 1.165) is 31.0 Å². The molecular formula is C13H19NO3. The van der Waals surface area contributed by atoms with Crippen molar-refractivity contribution in [2.45, 2.75) is 12.5 Å². The molecule has 1 atom stereocenters. The highest BCUT2D eigenvalue weighted by Gasteiger charge is 2.22. The maximum atomic E-state index is 9.08. The Kier molecular flexibility index (Phi) is 4.23. The molecule has 0 bridgehead atoms. The highest BCUT2D eigenvalue weighted by atomic mass is 16.5. The van der Waals surface area contributed by atoms with Crippen LogP contribution in [0.3, 0.4) is 0 Å². The molecule has 1 heterocycles. The first-order chi connectivity index (χ1) is 8.35. The first-order valence-corrected chi connectivity index (χ1v) is 5.94. The smallest absolute Gasteiger partial charge is 0.120 e. The second-order valence-corrected chi connectivity index (χ2v) is 4.14. The molecule has 4 heteroatoms. The molecule has 1 aliphatic heterocycles. The van der Waals surface area contributed by atoms with E-state index in [9.17, 15) is 0 Å². The molecule has 2 rings (SSSR count). The lowest BCUT2D eigenvalue weighted by molar-refractivity contribution is 0.0850. The molecule has 17 heavy (non-hydrogen) atoms. The topological polar surface area (TPSA) is 41.9 Å². The lowest BCUT2D eigenvalue weighted by Gasteiger charge is -2.37. The molecule has 1 fully saturated rings. The molecule has 0 radical (unpaired) electrons. The third kappa shape index (κ3) is 2.90. The first-order valence-electron chi connectivity index (χ1n) is 5.94. The summed E-state index contributed by atoms with van der Waals surface area (Å²) < 4.78 is 10.7. The highest BCUT2D eigenvalue weighted by molar-refractivity contribution is 5.51. The van der Waals surface area contributed by atoms with Gasteiger partial charge in [0, 0.05) is 24.9 Å². The van der Waals surface area contributed by atoms with Crippen molar-refractivity contribution in [3.05, 3.63) is 24.3 Å². The summed E-state index contributed by atoms with van der Waals surface area (Å²) in [5, 5.41) is 9.08. The summed E-state index contributed by atoms with van der Waals surface area (Å²) in [6, 6.07) is 8.26. The molecule has 1 saturated heterocycles. The van der Waals surface area contributed by atoms with E-state index in [0.29, 0.717) is 6.61 Å². The van der Waals surface area contributed by atoms with Gasteiger partial charge in [-0.1, -0.05) is 6.07 Å².